The van der Waals surface area contributed by atoms with Gasteiger partial charge >= 0.3 is 5.97 Å². The van der Waals surface area contributed by atoms with E-state index >= 15 is 0 Å². The Labute approximate surface area is 149 Å². The summed E-state index contributed by atoms with van der Waals surface area (Å²) in [5, 5.41) is 8.77. The Morgan fingerprint density at radius 1 is 1.46 bits per heavy atom. The molecule has 2 rings (SSSR count). The number of para-hydroxylation sites is 1. The van der Waals surface area contributed by atoms with Gasteiger partial charge < -0.3 is 14.6 Å². The molecule has 1 fully saturated rings. The minimum absolute atomic E-state index is 0.0633. The van der Waals surface area contributed by atoms with Crippen molar-refractivity contribution in [2.45, 2.75) is 13.3 Å². The molecular formula is C16H17NO5S2. The fraction of sp³-hybridized carbons (Fsp3) is 0.312. The molecule has 0 radical (unpaired) electrons. The maximum absolute atomic E-state index is 12.4. The van der Waals surface area contributed by atoms with Crippen molar-refractivity contribution in [3.05, 3.63) is 28.7 Å². The third-order valence-electron chi connectivity index (χ3n) is 3.23. The lowest BCUT2D eigenvalue weighted by Gasteiger charge is -2.13. The van der Waals surface area contributed by atoms with Crippen molar-refractivity contribution in [3.8, 4) is 11.5 Å². The number of rotatable bonds is 7. The molecule has 6 nitrogen and oxygen atoms in total. The number of aliphatic carboxylic acids is 1. The van der Waals surface area contributed by atoms with Crippen LogP contribution in [0.4, 0.5) is 0 Å². The zero-order valence-electron chi connectivity index (χ0n) is 13.3. The van der Waals surface area contributed by atoms with E-state index in [1.807, 2.05) is 13.0 Å². The van der Waals surface area contributed by atoms with Crippen LogP contribution >= 0.6 is 24.0 Å². The molecule has 1 amide bonds. The van der Waals surface area contributed by atoms with Gasteiger partial charge in [0.1, 0.15) is 4.32 Å². The molecule has 0 aliphatic carbocycles. The first-order valence-corrected chi connectivity index (χ1v) is 8.47. The highest BCUT2D eigenvalue weighted by atomic mass is 32.2. The van der Waals surface area contributed by atoms with Gasteiger partial charge in [0, 0.05) is 12.1 Å². The predicted molar refractivity (Wildman–Crippen MR) is 96.3 cm³/mol. The van der Waals surface area contributed by atoms with Crippen LogP contribution in [0, 0.1) is 0 Å². The SMILES string of the molecule is CCOc1c(/C=C2\SC(=S)N(CCC(=O)O)C2=O)cccc1OC. The smallest absolute Gasteiger partial charge is 0.305 e. The van der Waals surface area contributed by atoms with E-state index in [0.29, 0.717) is 32.9 Å². The number of carbonyl (C=O) groups excluding carboxylic acids is 1. The van der Waals surface area contributed by atoms with Gasteiger partial charge in [0.25, 0.3) is 5.91 Å². The topological polar surface area (TPSA) is 76.1 Å². The summed E-state index contributed by atoms with van der Waals surface area (Å²) in [4.78, 5) is 24.9. The van der Waals surface area contributed by atoms with Gasteiger partial charge in [0.15, 0.2) is 11.5 Å². The molecule has 8 heteroatoms. The lowest BCUT2D eigenvalue weighted by Crippen LogP contribution is -2.30. The van der Waals surface area contributed by atoms with E-state index in [4.69, 9.17) is 26.8 Å². The third-order valence-corrected chi connectivity index (χ3v) is 4.61. The van der Waals surface area contributed by atoms with Gasteiger partial charge in [0.05, 0.1) is 25.0 Å². The molecule has 1 aromatic rings. The molecule has 1 aromatic carbocycles. The molecule has 1 aliphatic rings. The Morgan fingerprint density at radius 3 is 2.83 bits per heavy atom. The van der Waals surface area contributed by atoms with Gasteiger partial charge in [-0.1, -0.05) is 36.1 Å². The van der Waals surface area contributed by atoms with Gasteiger partial charge in [-0.2, -0.15) is 0 Å². The van der Waals surface area contributed by atoms with E-state index in [2.05, 4.69) is 0 Å². The van der Waals surface area contributed by atoms with Crippen molar-refractivity contribution < 1.29 is 24.2 Å². The summed E-state index contributed by atoms with van der Waals surface area (Å²) in [7, 11) is 1.55. The van der Waals surface area contributed by atoms with E-state index in [0.717, 1.165) is 11.8 Å². The number of amides is 1. The summed E-state index contributed by atoms with van der Waals surface area (Å²) < 4.78 is 11.3. The molecule has 0 bridgehead atoms. The van der Waals surface area contributed by atoms with Crippen LogP contribution in [0.15, 0.2) is 23.1 Å². The molecule has 0 saturated carbocycles. The highest BCUT2D eigenvalue weighted by molar-refractivity contribution is 8.26. The Bertz CT molecular complexity index is 702. The normalized spacial score (nSPS) is 15.9. The molecule has 128 valence electrons. The highest BCUT2D eigenvalue weighted by Crippen LogP contribution is 2.37. The lowest BCUT2D eigenvalue weighted by atomic mass is 10.1. The first-order chi connectivity index (χ1) is 11.5. The fourth-order valence-corrected chi connectivity index (χ4v) is 3.45. The maximum atomic E-state index is 12.4. The van der Waals surface area contributed by atoms with Crippen LogP contribution < -0.4 is 9.47 Å². The molecule has 0 unspecified atom stereocenters. The number of thiocarbonyl (C=S) groups is 1. The van der Waals surface area contributed by atoms with Crippen LogP contribution in [0.5, 0.6) is 11.5 Å². The van der Waals surface area contributed by atoms with Crippen LogP contribution in [0.3, 0.4) is 0 Å². The van der Waals surface area contributed by atoms with Crippen molar-refractivity contribution in [1.82, 2.24) is 4.90 Å². The molecule has 0 spiro atoms. The minimum atomic E-state index is -0.973. The fourth-order valence-electron chi connectivity index (χ4n) is 2.15. The summed E-state index contributed by atoms with van der Waals surface area (Å²) >= 11 is 6.32. The molecule has 1 N–H and O–H groups in total. The second-order valence-corrected chi connectivity index (χ2v) is 6.46. The Kier molecular flexibility index (Phi) is 6.22. The molecular weight excluding hydrogens is 350 g/mol. The number of hydrogen-bond donors (Lipinski definition) is 1. The number of ether oxygens (including phenoxy) is 2. The third kappa shape index (κ3) is 4.07. The van der Waals surface area contributed by atoms with E-state index in [-0.39, 0.29) is 18.9 Å². The summed E-state index contributed by atoms with van der Waals surface area (Å²) in [5.74, 6) is -0.138. The van der Waals surface area contributed by atoms with E-state index < -0.39 is 5.97 Å². The number of nitrogens with zero attached hydrogens (tertiary/aromatic N) is 1. The number of methoxy groups -OCH3 is 1. The maximum Gasteiger partial charge on any atom is 0.305 e. The number of carboxylic acid groups (broad SMARTS) is 1. The van der Waals surface area contributed by atoms with Crippen molar-refractivity contribution in [2.75, 3.05) is 20.3 Å². The average Bonchev–Trinajstić information content (AvgIpc) is 2.81. The number of carboxylic acids is 1. The lowest BCUT2D eigenvalue weighted by molar-refractivity contribution is -0.137. The zero-order chi connectivity index (χ0) is 17.7. The van der Waals surface area contributed by atoms with Gasteiger partial charge in [-0.3, -0.25) is 14.5 Å². The van der Waals surface area contributed by atoms with Crippen molar-refractivity contribution >= 4 is 46.3 Å². The van der Waals surface area contributed by atoms with Crippen LogP contribution in [0.1, 0.15) is 18.9 Å². The Morgan fingerprint density at radius 2 is 2.21 bits per heavy atom. The molecule has 0 aromatic heterocycles. The average molecular weight is 367 g/mol. The number of hydrogen-bond acceptors (Lipinski definition) is 6. The molecule has 1 aliphatic heterocycles. The van der Waals surface area contributed by atoms with Crippen molar-refractivity contribution in [3.63, 3.8) is 0 Å². The first-order valence-electron chi connectivity index (χ1n) is 7.24. The van der Waals surface area contributed by atoms with Crippen LogP contribution in [0.25, 0.3) is 6.08 Å². The van der Waals surface area contributed by atoms with Gasteiger partial charge in [-0.15, -0.1) is 0 Å². The number of thioether (sulfide) groups is 1. The van der Waals surface area contributed by atoms with E-state index in [1.165, 1.54) is 4.90 Å². The second-order valence-electron chi connectivity index (χ2n) is 4.79. The summed E-state index contributed by atoms with van der Waals surface area (Å²) in [5.41, 5.74) is 0.704. The zero-order valence-corrected chi connectivity index (χ0v) is 14.9. The molecule has 1 saturated heterocycles. The van der Waals surface area contributed by atoms with Gasteiger partial charge in [0.2, 0.25) is 0 Å². The van der Waals surface area contributed by atoms with Crippen molar-refractivity contribution in [2.24, 2.45) is 0 Å². The van der Waals surface area contributed by atoms with Crippen LogP contribution in [-0.4, -0.2) is 46.5 Å². The summed E-state index contributed by atoms with van der Waals surface area (Å²) in [6, 6.07) is 5.40. The number of carbonyl (C=O) groups is 2. The largest absolute Gasteiger partial charge is 0.493 e. The summed E-state index contributed by atoms with van der Waals surface area (Å²) in [6.07, 6.45) is 1.54. The van der Waals surface area contributed by atoms with Gasteiger partial charge in [-0.05, 0) is 19.1 Å². The van der Waals surface area contributed by atoms with Crippen LogP contribution in [-0.2, 0) is 9.59 Å². The number of benzene rings is 1. The monoisotopic (exact) mass is 367 g/mol. The molecule has 24 heavy (non-hydrogen) atoms. The van der Waals surface area contributed by atoms with E-state index in [1.54, 1.807) is 25.3 Å². The second kappa shape index (κ2) is 8.16. The molecule has 0 atom stereocenters. The highest BCUT2D eigenvalue weighted by Gasteiger charge is 2.32. The molecule has 1 heterocycles. The Balaban J connectivity index is 2.30. The van der Waals surface area contributed by atoms with Crippen LogP contribution in [0.2, 0.25) is 0 Å². The standard InChI is InChI=1S/C16H17NO5S2/c1-3-22-14-10(5-4-6-11(14)21-2)9-12-15(20)17(16(23)24-12)8-7-13(18)19/h4-6,9H,3,7-8H2,1-2H3,(H,18,19)/b12-9-. The summed E-state index contributed by atoms with van der Waals surface area (Å²) in [6.45, 7) is 2.39. The quantitative estimate of drug-likeness (QED) is 0.586. The predicted octanol–water partition coefficient (Wildman–Crippen LogP) is 2.77. The Hall–Kier alpha value is -2.06. The first kappa shape index (κ1) is 18.3. The minimum Gasteiger partial charge on any atom is -0.493 e. The van der Waals surface area contributed by atoms with E-state index in [9.17, 15) is 9.59 Å². The van der Waals surface area contributed by atoms with Crippen molar-refractivity contribution in [1.29, 1.82) is 0 Å². The van der Waals surface area contributed by atoms with Gasteiger partial charge in [-0.25, -0.2) is 0 Å².